The van der Waals surface area contributed by atoms with Gasteiger partial charge in [-0.25, -0.2) is 4.98 Å². The predicted octanol–water partition coefficient (Wildman–Crippen LogP) is 4.98. The highest BCUT2D eigenvalue weighted by molar-refractivity contribution is 6.30. The summed E-state index contributed by atoms with van der Waals surface area (Å²) < 4.78 is 46.2. The molecule has 3 heterocycles. The summed E-state index contributed by atoms with van der Waals surface area (Å²) in [6.07, 6.45) is -2.13. The van der Waals surface area contributed by atoms with Crippen molar-refractivity contribution in [3.8, 4) is 16.9 Å². The van der Waals surface area contributed by atoms with Gasteiger partial charge in [-0.3, -0.25) is 4.98 Å². The van der Waals surface area contributed by atoms with Gasteiger partial charge < -0.3 is 20.9 Å². The second-order valence-corrected chi connectivity index (χ2v) is 8.67. The van der Waals surface area contributed by atoms with Crippen LogP contribution < -0.4 is 15.8 Å². The van der Waals surface area contributed by atoms with Crippen LogP contribution in [0.5, 0.6) is 5.75 Å². The van der Waals surface area contributed by atoms with E-state index < -0.39 is 23.9 Å². The molecule has 4 N–H and O–H groups in total. The first-order valence-electron chi connectivity index (χ1n) is 10.8. The van der Waals surface area contributed by atoms with Crippen LogP contribution in [0.15, 0.2) is 48.8 Å². The normalized spacial score (nSPS) is 19.6. The lowest BCUT2D eigenvalue weighted by atomic mass is 9.92. The number of halogens is 4. The van der Waals surface area contributed by atoms with E-state index >= 15 is 0 Å². The number of ether oxygens (including phenoxy) is 1. The highest BCUT2D eigenvalue weighted by Gasteiger charge is 2.35. The SMILES string of the molecule is CC(Oc1cc(-c2ccc(C3CNCCC3O)nc2)cnc1N)c1cc(Cl)ccc1C(F)(F)F. The quantitative estimate of drug-likeness (QED) is 0.465. The van der Waals surface area contributed by atoms with Crippen LogP contribution in [0.4, 0.5) is 19.0 Å². The minimum Gasteiger partial charge on any atom is -0.482 e. The van der Waals surface area contributed by atoms with Crippen molar-refractivity contribution in [1.82, 2.24) is 15.3 Å². The molecule has 3 atom stereocenters. The maximum Gasteiger partial charge on any atom is 0.416 e. The van der Waals surface area contributed by atoms with Crippen molar-refractivity contribution >= 4 is 17.4 Å². The number of piperidine rings is 1. The van der Waals surface area contributed by atoms with Crippen molar-refractivity contribution in [1.29, 1.82) is 0 Å². The zero-order valence-electron chi connectivity index (χ0n) is 18.3. The maximum atomic E-state index is 13.5. The largest absolute Gasteiger partial charge is 0.482 e. The standard InChI is InChI=1S/C24H24ClF3N4O2/c1-13(17-9-16(25)3-4-19(17)24(26,27)28)34-22-8-15(11-32-23(22)29)14-2-5-20(31-10-14)18-12-30-7-6-21(18)33/h2-5,8-11,13,18,21,30,33H,6-7,12H2,1H3,(H2,29,32). The third-order valence-electron chi connectivity index (χ3n) is 5.89. The number of aliphatic hydroxyl groups excluding tert-OH is 1. The van der Waals surface area contributed by atoms with Gasteiger partial charge in [0.05, 0.1) is 11.7 Å². The summed E-state index contributed by atoms with van der Waals surface area (Å²) in [5, 5.41) is 13.7. The molecule has 0 spiro atoms. The average Bonchev–Trinajstić information content (AvgIpc) is 2.80. The van der Waals surface area contributed by atoms with Crippen LogP contribution in [0.3, 0.4) is 0 Å². The number of aliphatic hydroxyl groups is 1. The zero-order valence-corrected chi connectivity index (χ0v) is 19.1. The molecule has 0 bridgehead atoms. The van der Waals surface area contributed by atoms with Crippen LogP contribution >= 0.6 is 11.6 Å². The molecule has 4 rings (SSSR count). The minimum absolute atomic E-state index is 0.0483. The first kappa shape index (κ1) is 24.3. The molecule has 0 saturated carbocycles. The van der Waals surface area contributed by atoms with Crippen LogP contribution in [0.1, 0.15) is 42.2 Å². The molecule has 2 aromatic heterocycles. The van der Waals surface area contributed by atoms with Gasteiger partial charge in [-0.15, -0.1) is 0 Å². The lowest BCUT2D eigenvalue weighted by molar-refractivity contribution is -0.138. The van der Waals surface area contributed by atoms with Gasteiger partial charge in [-0.1, -0.05) is 17.7 Å². The fourth-order valence-corrected chi connectivity index (χ4v) is 4.21. The van der Waals surface area contributed by atoms with Crippen LogP contribution in [0.25, 0.3) is 11.1 Å². The number of nitrogen functional groups attached to an aromatic ring is 1. The molecule has 1 aromatic carbocycles. The van der Waals surface area contributed by atoms with Gasteiger partial charge in [-0.2, -0.15) is 13.2 Å². The first-order valence-corrected chi connectivity index (χ1v) is 11.1. The smallest absolute Gasteiger partial charge is 0.416 e. The van der Waals surface area contributed by atoms with Crippen molar-refractivity contribution in [2.75, 3.05) is 18.8 Å². The Balaban J connectivity index is 1.58. The highest BCUT2D eigenvalue weighted by Crippen LogP contribution is 2.38. The Kier molecular flexibility index (Phi) is 6.97. The number of nitrogens with one attached hydrogen (secondary N) is 1. The maximum absolute atomic E-state index is 13.5. The van der Waals surface area contributed by atoms with E-state index in [4.69, 9.17) is 22.1 Å². The van der Waals surface area contributed by atoms with E-state index in [1.807, 2.05) is 12.1 Å². The lowest BCUT2D eigenvalue weighted by Crippen LogP contribution is -2.38. The van der Waals surface area contributed by atoms with Gasteiger partial charge in [0.2, 0.25) is 0 Å². The van der Waals surface area contributed by atoms with Crippen LogP contribution in [0.2, 0.25) is 5.02 Å². The third kappa shape index (κ3) is 5.27. The number of nitrogens with two attached hydrogens (primary N) is 1. The van der Waals surface area contributed by atoms with E-state index in [0.29, 0.717) is 18.5 Å². The van der Waals surface area contributed by atoms with Gasteiger partial charge in [0.15, 0.2) is 11.6 Å². The molecule has 10 heteroatoms. The number of rotatable bonds is 5. The van der Waals surface area contributed by atoms with Gasteiger partial charge >= 0.3 is 6.18 Å². The number of aromatic nitrogens is 2. The van der Waals surface area contributed by atoms with Gasteiger partial charge in [0.25, 0.3) is 0 Å². The van der Waals surface area contributed by atoms with Gasteiger partial charge in [0, 0.05) is 52.3 Å². The molecule has 3 unspecified atom stereocenters. The van der Waals surface area contributed by atoms with Crippen LogP contribution in [0, 0.1) is 0 Å². The second-order valence-electron chi connectivity index (χ2n) is 8.24. The van der Waals surface area contributed by atoms with Crippen LogP contribution in [-0.2, 0) is 6.18 Å². The fourth-order valence-electron chi connectivity index (χ4n) is 4.03. The van der Waals surface area contributed by atoms with Crippen molar-refractivity contribution in [3.05, 3.63) is 70.6 Å². The molecule has 1 aliphatic heterocycles. The molecule has 0 amide bonds. The van der Waals surface area contributed by atoms with E-state index in [1.54, 1.807) is 18.5 Å². The summed E-state index contributed by atoms with van der Waals surface area (Å²) in [6.45, 7) is 2.91. The lowest BCUT2D eigenvalue weighted by Gasteiger charge is -2.27. The minimum atomic E-state index is -4.56. The zero-order chi connectivity index (χ0) is 24.5. The number of nitrogens with zero attached hydrogens (tertiary/aromatic N) is 2. The Bertz CT molecular complexity index is 1160. The van der Waals surface area contributed by atoms with Gasteiger partial charge in [0.1, 0.15) is 6.10 Å². The van der Waals surface area contributed by atoms with E-state index in [-0.39, 0.29) is 28.1 Å². The van der Waals surface area contributed by atoms with Crippen molar-refractivity contribution in [2.45, 2.75) is 37.6 Å². The number of hydrogen-bond acceptors (Lipinski definition) is 6. The highest BCUT2D eigenvalue weighted by atomic mass is 35.5. The molecule has 3 aromatic rings. The number of anilines is 1. The molecule has 6 nitrogen and oxygen atoms in total. The summed E-state index contributed by atoms with van der Waals surface area (Å²) in [6, 6.07) is 8.67. The predicted molar refractivity (Wildman–Crippen MR) is 124 cm³/mol. The molecule has 1 aliphatic rings. The Morgan fingerprint density at radius 1 is 1.15 bits per heavy atom. The molecule has 1 fully saturated rings. The third-order valence-corrected chi connectivity index (χ3v) is 6.12. The van der Waals surface area contributed by atoms with E-state index in [9.17, 15) is 18.3 Å². The monoisotopic (exact) mass is 492 g/mol. The Hall–Kier alpha value is -2.88. The number of alkyl halides is 3. The summed E-state index contributed by atoms with van der Waals surface area (Å²) >= 11 is 5.94. The van der Waals surface area contributed by atoms with Crippen LogP contribution in [-0.4, -0.2) is 34.3 Å². The van der Waals surface area contributed by atoms with E-state index in [2.05, 4.69) is 15.3 Å². The van der Waals surface area contributed by atoms with Crippen molar-refractivity contribution < 1.29 is 23.0 Å². The molecule has 180 valence electrons. The summed E-state index contributed by atoms with van der Waals surface area (Å²) in [4.78, 5) is 8.64. The second kappa shape index (κ2) is 9.77. The Morgan fingerprint density at radius 3 is 2.59 bits per heavy atom. The van der Waals surface area contributed by atoms with Crippen molar-refractivity contribution in [3.63, 3.8) is 0 Å². The fraction of sp³-hybridized carbons (Fsp3) is 0.333. The molecular formula is C24H24ClF3N4O2. The topological polar surface area (TPSA) is 93.3 Å². The Morgan fingerprint density at radius 2 is 1.91 bits per heavy atom. The number of benzene rings is 1. The van der Waals surface area contributed by atoms with E-state index in [1.165, 1.54) is 19.1 Å². The number of pyridine rings is 2. The molecule has 0 radical (unpaired) electrons. The van der Waals surface area contributed by atoms with Gasteiger partial charge in [-0.05, 0) is 50.2 Å². The molecule has 0 aliphatic carbocycles. The number of hydrogen-bond donors (Lipinski definition) is 3. The Labute approximate surface area is 199 Å². The summed E-state index contributed by atoms with van der Waals surface area (Å²) in [5.74, 6) is 0.105. The van der Waals surface area contributed by atoms with Crippen molar-refractivity contribution in [2.24, 2.45) is 0 Å². The average molecular weight is 493 g/mol. The molecule has 34 heavy (non-hydrogen) atoms. The molecule has 1 saturated heterocycles. The summed E-state index contributed by atoms with van der Waals surface area (Å²) in [5.41, 5.74) is 7.16. The molecular weight excluding hydrogens is 469 g/mol. The van der Waals surface area contributed by atoms with E-state index in [0.717, 1.165) is 23.9 Å². The summed E-state index contributed by atoms with van der Waals surface area (Å²) in [7, 11) is 0. The first-order chi connectivity index (χ1) is 16.1.